The molecule has 6 nitrogen and oxygen atoms in total. The molecule has 0 amide bonds. The van der Waals surface area contributed by atoms with Gasteiger partial charge in [0.15, 0.2) is 11.6 Å². The molecule has 0 radical (unpaired) electrons. The van der Waals surface area contributed by atoms with E-state index in [1.807, 2.05) is 0 Å². The lowest BCUT2D eigenvalue weighted by Gasteiger charge is -2.22. The first kappa shape index (κ1) is 27.9. The van der Waals surface area contributed by atoms with E-state index in [4.69, 9.17) is 21.4 Å². The van der Waals surface area contributed by atoms with Gasteiger partial charge in [-0.1, -0.05) is 24.6 Å². The number of rotatable bonds is 6. The van der Waals surface area contributed by atoms with Crippen LogP contribution in [-0.4, -0.2) is 27.4 Å². The average Bonchev–Trinajstić information content (AvgIpc) is 2.77. The van der Waals surface area contributed by atoms with Gasteiger partial charge in [-0.3, -0.25) is 4.79 Å². The van der Waals surface area contributed by atoms with Crippen molar-refractivity contribution in [3.8, 4) is 11.5 Å². The highest BCUT2D eigenvalue weighted by atomic mass is 35.5. The van der Waals surface area contributed by atoms with Gasteiger partial charge in [-0.25, -0.2) is 9.18 Å². The summed E-state index contributed by atoms with van der Waals surface area (Å²) in [7, 11) is 1.62. The number of carboxylic acid groups (broad SMARTS) is 1. The molecule has 0 spiro atoms. The molecule has 3 aromatic rings. The number of benzene rings is 2. The van der Waals surface area contributed by atoms with Crippen LogP contribution < -0.4 is 10.3 Å². The van der Waals surface area contributed by atoms with Crippen molar-refractivity contribution in [1.29, 1.82) is 0 Å². The number of nitrogens with zero attached hydrogens (tertiary/aromatic N) is 1. The topological polar surface area (TPSA) is 88.8 Å². The Kier molecular flexibility index (Phi) is 9.44. The van der Waals surface area contributed by atoms with Crippen LogP contribution in [0.1, 0.15) is 46.0 Å². The van der Waals surface area contributed by atoms with Gasteiger partial charge in [0.05, 0.1) is 11.7 Å². The summed E-state index contributed by atoms with van der Waals surface area (Å²) in [6, 6.07) is 9.75. The second-order valence-corrected chi connectivity index (χ2v) is 8.00. The molecule has 2 atom stereocenters. The number of aryl methyl sites for hydroxylation is 2. The second kappa shape index (κ2) is 11.9. The number of hydrogen-bond donors (Lipinski definition) is 2. The molecule has 1 heterocycles. The molecule has 35 heavy (non-hydrogen) atoms. The first-order valence-corrected chi connectivity index (χ1v) is 10.5. The Labute approximate surface area is 203 Å². The van der Waals surface area contributed by atoms with Crippen molar-refractivity contribution in [3.63, 3.8) is 0 Å². The van der Waals surface area contributed by atoms with E-state index in [2.05, 4.69) is 0 Å². The first-order valence-electron chi connectivity index (χ1n) is 10.1. The Morgan fingerprint density at radius 2 is 1.74 bits per heavy atom. The van der Waals surface area contributed by atoms with Crippen molar-refractivity contribution in [3.05, 3.63) is 92.1 Å². The van der Waals surface area contributed by atoms with Gasteiger partial charge >= 0.3 is 12.6 Å². The number of alkyl halides is 3. The predicted molar refractivity (Wildman–Crippen MR) is 122 cm³/mol. The third kappa shape index (κ3) is 7.30. The van der Waals surface area contributed by atoms with Gasteiger partial charge in [-0.2, -0.15) is 13.2 Å². The summed E-state index contributed by atoms with van der Waals surface area (Å²) in [5.74, 6) is -2.32. The van der Waals surface area contributed by atoms with Crippen LogP contribution >= 0.6 is 11.6 Å². The number of halogens is 5. The maximum absolute atomic E-state index is 14.1. The maximum Gasteiger partial charge on any atom is 0.379 e. The van der Waals surface area contributed by atoms with Gasteiger partial charge < -0.3 is 19.5 Å². The Morgan fingerprint density at radius 3 is 2.26 bits per heavy atom. The molecule has 0 aliphatic rings. The van der Waals surface area contributed by atoms with E-state index < -0.39 is 30.5 Å². The largest absolute Gasteiger partial charge is 0.478 e. The zero-order valence-corrected chi connectivity index (χ0v) is 19.6. The molecular formula is C24H22ClF4NO5. The number of carbonyl (C=O) groups is 1. The molecule has 188 valence electrons. The number of hydrogen-bond acceptors (Lipinski definition) is 4. The number of carboxylic acids is 1. The van der Waals surface area contributed by atoms with Gasteiger partial charge in [0.25, 0.3) is 5.56 Å². The predicted octanol–water partition coefficient (Wildman–Crippen LogP) is 5.99. The third-order valence-corrected chi connectivity index (χ3v) is 5.40. The third-order valence-electron chi connectivity index (χ3n) is 5.07. The number of aromatic carboxylic acids is 1. The highest BCUT2D eigenvalue weighted by Crippen LogP contribution is 2.37. The fraction of sp³-hybridized carbons (Fsp3) is 0.250. The molecule has 2 N–H and O–H groups in total. The number of aromatic nitrogens is 1. The minimum Gasteiger partial charge on any atom is -0.478 e. The molecule has 1 unspecified atom stereocenters. The number of aliphatic hydroxyl groups excluding tert-OH is 1. The molecule has 0 aliphatic heterocycles. The Balaban J connectivity index is 0.00000100. The van der Waals surface area contributed by atoms with Gasteiger partial charge in [-0.05, 0) is 54.4 Å². The standard InChI is InChI=1S/C23H21ClFNO5.CHF3/c1-12-8-15(11-26(3)22(12)28)21(27)13(2)17-6-5-16(10-18(17)24)31-20-7-4-14(23(29)30)9-19(20)25;2-1(3)4/h4-11,13,21,27H,1-3H3,(H,29,30);1H/t13-,21?;/m0./s1. The summed E-state index contributed by atoms with van der Waals surface area (Å²) in [4.78, 5) is 22.8. The molecule has 0 bridgehead atoms. The van der Waals surface area contributed by atoms with Gasteiger partial charge in [-0.15, -0.1) is 0 Å². The van der Waals surface area contributed by atoms with Crippen LogP contribution in [0.3, 0.4) is 0 Å². The van der Waals surface area contributed by atoms with Crippen molar-refractivity contribution < 1.29 is 37.3 Å². The summed E-state index contributed by atoms with van der Waals surface area (Å²) in [5, 5.41) is 20.0. The van der Waals surface area contributed by atoms with Gasteiger partial charge in [0.1, 0.15) is 5.75 Å². The van der Waals surface area contributed by atoms with E-state index in [1.165, 1.54) is 22.8 Å². The van der Waals surface area contributed by atoms with Crippen LogP contribution in [0.2, 0.25) is 5.02 Å². The normalized spacial score (nSPS) is 12.5. The van der Waals surface area contributed by atoms with E-state index >= 15 is 0 Å². The summed E-state index contributed by atoms with van der Waals surface area (Å²) in [6.07, 6.45) is 0.682. The summed E-state index contributed by atoms with van der Waals surface area (Å²) >= 11 is 6.40. The average molecular weight is 516 g/mol. The lowest BCUT2D eigenvalue weighted by molar-refractivity contribution is 0.00817. The minimum atomic E-state index is -3.67. The van der Waals surface area contributed by atoms with Crippen LogP contribution in [0, 0.1) is 12.7 Å². The van der Waals surface area contributed by atoms with Crippen LogP contribution in [0.4, 0.5) is 17.6 Å². The highest BCUT2D eigenvalue weighted by molar-refractivity contribution is 6.31. The maximum atomic E-state index is 14.1. The van der Waals surface area contributed by atoms with E-state index in [0.717, 1.165) is 6.07 Å². The van der Waals surface area contributed by atoms with Crippen molar-refractivity contribution in [2.24, 2.45) is 7.05 Å². The number of ether oxygens (including phenoxy) is 1. The molecule has 0 fully saturated rings. The highest BCUT2D eigenvalue weighted by Gasteiger charge is 2.22. The molecule has 3 rings (SSSR count). The molecule has 0 aliphatic carbocycles. The molecule has 11 heteroatoms. The lowest BCUT2D eigenvalue weighted by atomic mass is 9.91. The summed E-state index contributed by atoms with van der Waals surface area (Å²) < 4.78 is 50.0. The molecule has 0 saturated heterocycles. The molecule has 1 aromatic heterocycles. The Bertz CT molecular complexity index is 1240. The van der Waals surface area contributed by atoms with Crippen LogP contribution in [-0.2, 0) is 7.05 Å². The molecule has 2 aromatic carbocycles. The Morgan fingerprint density at radius 1 is 1.11 bits per heavy atom. The second-order valence-electron chi connectivity index (χ2n) is 7.59. The zero-order chi connectivity index (χ0) is 26.4. The fourth-order valence-corrected chi connectivity index (χ4v) is 3.66. The first-order chi connectivity index (χ1) is 16.3. The monoisotopic (exact) mass is 515 g/mol. The minimum absolute atomic E-state index is 0.133. The van der Waals surface area contributed by atoms with Crippen LogP contribution in [0.25, 0.3) is 0 Å². The SMILES string of the molecule is Cc1cc(C(O)[C@@H](C)c2ccc(Oc3ccc(C(=O)O)cc3F)cc2Cl)cn(C)c1=O.FC(F)F. The lowest BCUT2D eigenvalue weighted by Crippen LogP contribution is -2.21. The van der Waals surface area contributed by atoms with Gasteiger partial charge in [0.2, 0.25) is 0 Å². The fourth-order valence-electron chi connectivity index (χ4n) is 3.31. The number of aliphatic hydroxyl groups is 1. The van der Waals surface area contributed by atoms with Crippen molar-refractivity contribution in [2.75, 3.05) is 0 Å². The Hall–Kier alpha value is -3.37. The number of pyridine rings is 1. The summed E-state index contributed by atoms with van der Waals surface area (Å²) in [5.41, 5.74) is 1.44. The molecule has 0 saturated carbocycles. The summed E-state index contributed by atoms with van der Waals surface area (Å²) in [6.45, 7) is -0.179. The van der Waals surface area contributed by atoms with E-state index in [9.17, 15) is 32.3 Å². The van der Waals surface area contributed by atoms with Crippen LogP contribution in [0.15, 0.2) is 53.5 Å². The van der Waals surface area contributed by atoms with E-state index in [0.29, 0.717) is 21.7 Å². The zero-order valence-electron chi connectivity index (χ0n) is 18.8. The van der Waals surface area contributed by atoms with Gasteiger partial charge in [0, 0.05) is 29.7 Å². The van der Waals surface area contributed by atoms with Crippen molar-refractivity contribution in [2.45, 2.75) is 32.5 Å². The van der Waals surface area contributed by atoms with Crippen LogP contribution in [0.5, 0.6) is 11.5 Å². The van der Waals surface area contributed by atoms with E-state index in [-0.39, 0.29) is 22.6 Å². The van der Waals surface area contributed by atoms with Crippen molar-refractivity contribution >= 4 is 17.6 Å². The molecular weight excluding hydrogens is 494 g/mol. The smallest absolute Gasteiger partial charge is 0.379 e. The quantitative estimate of drug-likeness (QED) is 0.393. The van der Waals surface area contributed by atoms with Crippen molar-refractivity contribution in [1.82, 2.24) is 4.57 Å². The van der Waals surface area contributed by atoms with E-state index in [1.54, 1.807) is 45.3 Å².